The molecule has 0 radical (unpaired) electrons. The number of carbonyl (C=O) groups is 2. The van der Waals surface area contributed by atoms with Gasteiger partial charge in [-0.2, -0.15) is 0 Å². The fraction of sp³-hybridized carbons (Fsp3) is 0.756. The lowest BCUT2D eigenvalue weighted by Gasteiger charge is -2.21. The summed E-state index contributed by atoms with van der Waals surface area (Å²) in [5.41, 5.74) is 0. The third-order valence-corrected chi connectivity index (χ3v) is 9.92. The Balaban J connectivity index is 2.30. The van der Waals surface area contributed by atoms with Crippen molar-refractivity contribution in [2.24, 2.45) is 11.8 Å². The van der Waals surface area contributed by atoms with E-state index in [1.54, 1.807) is 6.08 Å². The molecular formula is C41H71O11P. The molecule has 0 unspecified atom stereocenters. The first-order valence-electron chi connectivity index (χ1n) is 20.2. The van der Waals surface area contributed by atoms with Crippen LogP contribution in [0.5, 0.6) is 0 Å². The molecule has 53 heavy (non-hydrogen) atoms. The zero-order chi connectivity index (χ0) is 39.2. The van der Waals surface area contributed by atoms with E-state index in [1.807, 2.05) is 6.08 Å². The third-order valence-electron chi connectivity index (χ3n) is 9.43. The molecule has 306 valence electrons. The van der Waals surface area contributed by atoms with Crippen molar-refractivity contribution in [3.05, 3.63) is 48.6 Å². The first-order chi connectivity index (χ1) is 25.5. The molecule has 6 atom stereocenters. The zero-order valence-corrected chi connectivity index (χ0v) is 33.4. The minimum atomic E-state index is -4.82. The standard InChI is InChI=1S/C41H71O11P/c1-3-5-7-8-9-10-11-12-13-14-15-16-17-18-23-27-40(45)50-32-35(33-51-53(47,48)49)52-41(46)28-24-20-19-22-26-36-37(39(44)31-38(36)43)30-29-34(42)25-21-6-4-2/h5,7,9-10,12-13,29-30,34-39,42-44H,3-4,6,8,11,14-28,31-33H2,1-2H3,(H2,47,48,49)/b7-5-,10-9-,13-12-,30-29+/t34-,35+,36+,37+,38-,39+/m0/s1. The van der Waals surface area contributed by atoms with Crippen LogP contribution in [0.15, 0.2) is 48.6 Å². The van der Waals surface area contributed by atoms with Crippen molar-refractivity contribution in [3.63, 3.8) is 0 Å². The molecule has 11 nitrogen and oxygen atoms in total. The maximum absolute atomic E-state index is 12.5. The van der Waals surface area contributed by atoms with E-state index >= 15 is 0 Å². The maximum Gasteiger partial charge on any atom is 0.469 e. The SMILES string of the molecule is CC/C=C\C/C=C\C/C=C\CCCCCCCC(=O)OC[C@H](COP(=O)(O)O)OC(=O)CCCCCC[C@@H]1[C@@H](/C=C/[C@@H](O)CCCCC)[C@H](O)C[C@@H]1O. The van der Waals surface area contributed by atoms with Crippen LogP contribution in [0, 0.1) is 11.8 Å². The highest BCUT2D eigenvalue weighted by Gasteiger charge is 2.39. The lowest BCUT2D eigenvalue weighted by Crippen LogP contribution is -2.29. The number of aliphatic hydroxyl groups is 3. The molecule has 0 amide bonds. The van der Waals surface area contributed by atoms with Crippen LogP contribution in [0.25, 0.3) is 0 Å². The molecular weight excluding hydrogens is 699 g/mol. The van der Waals surface area contributed by atoms with E-state index in [-0.39, 0.29) is 31.3 Å². The Morgan fingerprint density at radius 2 is 1.38 bits per heavy atom. The first-order valence-corrected chi connectivity index (χ1v) is 21.7. The number of carbonyl (C=O) groups excluding carboxylic acids is 2. The maximum atomic E-state index is 12.5. The van der Waals surface area contributed by atoms with E-state index in [1.165, 1.54) is 0 Å². The molecule has 0 saturated heterocycles. The average molecular weight is 771 g/mol. The van der Waals surface area contributed by atoms with Gasteiger partial charge >= 0.3 is 19.8 Å². The summed E-state index contributed by atoms with van der Waals surface area (Å²) in [5, 5.41) is 31.2. The molecule has 1 aliphatic carbocycles. The molecule has 1 aliphatic rings. The van der Waals surface area contributed by atoms with Gasteiger partial charge < -0.3 is 34.6 Å². The largest absolute Gasteiger partial charge is 0.469 e. The van der Waals surface area contributed by atoms with Crippen LogP contribution in [0.3, 0.4) is 0 Å². The van der Waals surface area contributed by atoms with Gasteiger partial charge in [-0.05, 0) is 63.7 Å². The van der Waals surface area contributed by atoms with Crippen LogP contribution in [0.2, 0.25) is 0 Å². The van der Waals surface area contributed by atoms with E-state index in [2.05, 4.69) is 54.8 Å². The molecule has 0 spiro atoms. The Morgan fingerprint density at radius 1 is 0.755 bits per heavy atom. The van der Waals surface area contributed by atoms with Crippen LogP contribution >= 0.6 is 7.82 Å². The van der Waals surface area contributed by atoms with Crippen molar-refractivity contribution in [2.45, 2.75) is 173 Å². The predicted octanol–water partition coefficient (Wildman–Crippen LogP) is 8.34. The number of hydrogen-bond acceptors (Lipinski definition) is 9. The topological polar surface area (TPSA) is 180 Å². The third kappa shape index (κ3) is 27.2. The molecule has 1 fully saturated rings. The Kier molecular flexibility index (Phi) is 28.7. The van der Waals surface area contributed by atoms with Crippen LogP contribution in [0.4, 0.5) is 0 Å². The number of phosphoric ester groups is 1. The number of esters is 2. The Labute approximate surface area is 319 Å². The fourth-order valence-electron chi connectivity index (χ4n) is 6.42. The lowest BCUT2D eigenvalue weighted by molar-refractivity contribution is -0.161. The normalized spacial score (nSPS) is 20.7. The van der Waals surface area contributed by atoms with E-state index in [4.69, 9.17) is 19.3 Å². The fourth-order valence-corrected chi connectivity index (χ4v) is 6.78. The Bertz CT molecular complexity index is 1120. The van der Waals surface area contributed by atoms with Crippen LogP contribution < -0.4 is 0 Å². The van der Waals surface area contributed by atoms with Gasteiger partial charge in [-0.1, -0.05) is 120 Å². The van der Waals surface area contributed by atoms with Gasteiger partial charge in [0.15, 0.2) is 6.10 Å². The predicted molar refractivity (Wildman–Crippen MR) is 209 cm³/mol. The molecule has 5 N–H and O–H groups in total. The van der Waals surface area contributed by atoms with Crippen molar-refractivity contribution in [3.8, 4) is 0 Å². The summed E-state index contributed by atoms with van der Waals surface area (Å²) in [6.45, 7) is 3.27. The summed E-state index contributed by atoms with van der Waals surface area (Å²) in [6.07, 6.45) is 30.4. The van der Waals surface area contributed by atoms with Gasteiger partial charge in [-0.3, -0.25) is 14.1 Å². The van der Waals surface area contributed by atoms with Crippen LogP contribution in [0.1, 0.15) is 149 Å². The highest BCUT2D eigenvalue weighted by molar-refractivity contribution is 7.46. The molecule has 12 heteroatoms. The molecule has 0 aromatic rings. The number of allylic oxidation sites excluding steroid dienone is 6. The summed E-state index contributed by atoms with van der Waals surface area (Å²) in [6, 6.07) is 0. The summed E-state index contributed by atoms with van der Waals surface area (Å²) in [4.78, 5) is 43.0. The van der Waals surface area contributed by atoms with Gasteiger partial charge in [0, 0.05) is 25.2 Å². The van der Waals surface area contributed by atoms with Gasteiger partial charge in [0.2, 0.25) is 0 Å². The quantitative estimate of drug-likeness (QED) is 0.0192. The van der Waals surface area contributed by atoms with Gasteiger partial charge in [-0.25, -0.2) is 4.57 Å². The zero-order valence-electron chi connectivity index (χ0n) is 32.5. The highest BCUT2D eigenvalue weighted by Crippen LogP contribution is 2.38. The molecule has 0 aromatic heterocycles. The first kappa shape index (κ1) is 48.9. The number of unbranched alkanes of at least 4 members (excludes halogenated alkanes) is 10. The lowest BCUT2D eigenvalue weighted by atomic mass is 9.88. The molecule has 0 heterocycles. The minimum absolute atomic E-state index is 0.0796. The second-order valence-electron chi connectivity index (χ2n) is 14.2. The van der Waals surface area contributed by atoms with Crippen LogP contribution in [-0.4, -0.2) is 74.7 Å². The van der Waals surface area contributed by atoms with Gasteiger partial charge in [0.25, 0.3) is 0 Å². The summed E-state index contributed by atoms with van der Waals surface area (Å²) < 4.78 is 26.4. The van der Waals surface area contributed by atoms with E-state index in [9.17, 15) is 29.5 Å². The van der Waals surface area contributed by atoms with Crippen molar-refractivity contribution in [1.82, 2.24) is 0 Å². The number of hydrogen-bond donors (Lipinski definition) is 5. The number of phosphoric acid groups is 1. The van der Waals surface area contributed by atoms with Crippen molar-refractivity contribution < 1.29 is 53.3 Å². The number of rotatable bonds is 32. The highest BCUT2D eigenvalue weighted by atomic mass is 31.2. The molecule has 1 saturated carbocycles. The average Bonchev–Trinajstić information content (AvgIpc) is 3.38. The van der Waals surface area contributed by atoms with Gasteiger partial charge in [0.1, 0.15) is 6.61 Å². The summed E-state index contributed by atoms with van der Waals surface area (Å²) in [7, 11) is -4.82. The number of ether oxygens (including phenoxy) is 2. The van der Waals surface area contributed by atoms with Gasteiger partial charge in [-0.15, -0.1) is 0 Å². The second kappa shape index (κ2) is 31.1. The van der Waals surface area contributed by atoms with Crippen molar-refractivity contribution in [2.75, 3.05) is 13.2 Å². The molecule has 1 rings (SSSR count). The van der Waals surface area contributed by atoms with E-state index in [0.29, 0.717) is 32.1 Å². The minimum Gasteiger partial charge on any atom is -0.462 e. The molecule has 0 aromatic carbocycles. The van der Waals surface area contributed by atoms with Gasteiger partial charge in [0.05, 0.1) is 24.9 Å². The summed E-state index contributed by atoms with van der Waals surface area (Å²) in [5.74, 6) is -1.35. The Hall–Kier alpha value is -2.11. The van der Waals surface area contributed by atoms with Crippen molar-refractivity contribution in [1.29, 1.82) is 0 Å². The molecule has 0 aliphatic heterocycles. The monoisotopic (exact) mass is 770 g/mol. The molecule has 0 bridgehead atoms. The van der Waals surface area contributed by atoms with E-state index in [0.717, 1.165) is 89.9 Å². The van der Waals surface area contributed by atoms with E-state index < -0.39 is 50.8 Å². The Morgan fingerprint density at radius 3 is 2.06 bits per heavy atom. The second-order valence-corrected chi connectivity index (χ2v) is 15.4. The van der Waals surface area contributed by atoms with Crippen molar-refractivity contribution >= 4 is 19.8 Å². The van der Waals surface area contributed by atoms with Crippen LogP contribution in [-0.2, 0) is 28.2 Å². The summed E-state index contributed by atoms with van der Waals surface area (Å²) >= 11 is 0. The number of aliphatic hydroxyl groups excluding tert-OH is 3. The smallest absolute Gasteiger partial charge is 0.462 e.